The number of anilines is 2. The standard InChI is InChI=1S/C22H16ClFN4O/c1-2-21(29)20-11-14(7-9-25-20)27-18-12-19(16-10-13(23)5-6-17(16)24)28-22-15(18)4-3-8-26-22/h3-12H,2H2,1H3,(H,25,26,27,28). The van der Waals surface area contributed by atoms with Gasteiger partial charge in [0.05, 0.1) is 11.4 Å². The van der Waals surface area contributed by atoms with E-state index >= 15 is 0 Å². The van der Waals surface area contributed by atoms with E-state index in [4.69, 9.17) is 11.6 Å². The van der Waals surface area contributed by atoms with Gasteiger partial charge in [-0.1, -0.05) is 18.5 Å². The molecule has 0 atom stereocenters. The van der Waals surface area contributed by atoms with Crippen LogP contribution in [0, 0.1) is 5.82 Å². The molecule has 0 aliphatic heterocycles. The highest BCUT2D eigenvalue weighted by Gasteiger charge is 2.13. The van der Waals surface area contributed by atoms with Gasteiger partial charge in [0.2, 0.25) is 0 Å². The first-order valence-electron chi connectivity index (χ1n) is 9.02. The third-order valence-electron chi connectivity index (χ3n) is 4.43. The van der Waals surface area contributed by atoms with Gasteiger partial charge >= 0.3 is 0 Å². The summed E-state index contributed by atoms with van der Waals surface area (Å²) in [4.78, 5) is 24.9. The van der Waals surface area contributed by atoms with Crippen molar-refractivity contribution in [3.8, 4) is 11.3 Å². The molecule has 0 fully saturated rings. The van der Waals surface area contributed by atoms with Gasteiger partial charge in [0, 0.05) is 40.5 Å². The maximum absolute atomic E-state index is 14.4. The summed E-state index contributed by atoms with van der Waals surface area (Å²) >= 11 is 6.05. The molecule has 5 nitrogen and oxygen atoms in total. The summed E-state index contributed by atoms with van der Waals surface area (Å²) in [5.41, 5.74) is 2.90. The number of carbonyl (C=O) groups excluding carboxylic acids is 1. The van der Waals surface area contributed by atoms with Gasteiger partial charge in [0.1, 0.15) is 11.5 Å². The number of halogens is 2. The molecule has 3 heterocycles. The zero-order chi connectivity index (χ0) is 20.4. The molecule has 0 bridgehead atoms. The van der Waals surface area contributed by atoms with Crippen LogP contribution in [0.5, 0.6) is 0 Å². The maximum Gasteiger partial charge on any atom is 0.180 e. The van der Waals surface area contributed by atoms with E-state index in [0.717, 1.165) is 5.39 Å². The number of fused-ring (bicyclic) bond motifs is 1. The van der Waals surface area contributed by atoms with Gasteiger partial charge in [-0.15, -0.1) is 0 Å². The predicted octanol–water partition coefficient (Wildman–Crippen LogP) is 5.82. The molecule has 0 saturated heterocycles. The second kappa shape index (κ2) is 7.93. The number of benzene rings is 1. The van der Waals surface area contributed by atoms with Crippen molar-refractivity contribution in [1.82, 2.24) is 15.0 Å². The van der Waals surface area contributed by atoms with Crippen LogP contribution in [0.25, 0.3) is 22.3 Å². The van der Waals surface area contributed by atoms with Crippen molar-refractivity contribution >= 4 is 39.8 Å². The average Bonchev–Trinajstić information content (AvgIpc) is 2.75. The van der Waals surface area contributed by atoms with Gasteiger partial charge in [-0.05, 0) is 48.5 Å². The van der Waals surface area contributed by atoms with E-state index in [1.165, 1.54) is 18.2 Å². The van der Waals surface area contributed by atoms with Gasteiger partial charge in [0.15, 0.2) is 11.4 Å². The minimum Gasteiger partial charge on any atom is -0.355 e. The Labute approximate surface area is 171 Å². The number of hydrogen-bond acceptors (Lipinski definition) is 5. The molecule has 29 heavy (non-hydrogen) atoms. The molecular formula is C22H16ClFN4O. The number of nitrogens with zero attached hydrogens (tertiary/aromatic N) is 3. The van der Waals surface area contributed by atoms with E-state index in [2.05, 4.69) is 20.3 Å². The van der Waals surface area contributed by atoms with E-state index in [-0.39, 0.29) is 11.3 Å². The van der Waals surface area contributed by atoms with Crippen LogP contribution in [0.4, 0.5) is 15.8 Å². The summed E-state index contributed by atoms with van der Waals surface area (Å²) in [7, 11) is 0. The molecule has 1 aromatic carbocycles. The van der Waals surface area contributed by atoms with Crippen molar-refractivity contribution in [2.45, 2.75) is 13.3 Å². The van der Waals surface area contributed by atoms with Crippen LogP contribution in [0.2, 0.25) is 5.02 Å². The summed E-state index contributed by atoms with van der Waals surface area (Å²) in [5, 5.41) is 4.46. The fourth-order valence-corrected chi connectivity index (χ4v) is 3.16. The normalized spacial score (nSPS) is 10.9. The van der Waals surface area contributed by atoms with Gasteiger partial charge in [-0.3, -0.25) is 9.78 Å². The Morgan fingerprint density at radius 2 is 1.97 bits per heavy atom. The lowest BCUT2D eigenvalue weighted by atomic mass is 10.1. The Morgan fingerprint density at radius 3 is 2.79 bits per heavy atom. The van der Waals surface area contributed by atoms with Crippen LogP contribution < -0.4 is 5.32 Å². The number of pyridine rings is 3. The lowest BCUT2D eigenvalue weighted by Crippen LogP contribution is -2.02. The third-order valence-corrected chi connectivity index (χ3v) is 4.67. The molecule has 0 radical (unpaired) electrons. The predicted molar refractivity (Wildman–Crippen MR) is 112 cm³/mol. The highest BCUT2D eigenvalue weighted by atomic mass is 35.5. The highest BCUT2D eigenvalue weighted by Crippen LogP contribution is 2.32. The Balaban J connectivity index is 1.84. The summed E-state index contributed by atoms with van der Waals surface area (Å²) in [6.45, 7) is 1.79. The van der Waals surface area contributed by atoms with Crippen LogP contribution in [-0.4, -0.2) is 20.7 Å². The molecule has 0 unspecified atom stereocenters. The van der Waals surface area contributed by atoms with Crippen LogP contribution >= 0.6 is 11.6 Å². The van der Waals surface area contributed by atoms with Crippen molar-refractivity contribution in [3.63, 3.8) is 0 Å². The third kappa shape index (κ3) is 3.93. The summed E-state index contributed by atoms with van der Waals surface area (Å²) in [6.07, 6.45) is 3.57. The molecule has 4 aromatic rings. The second-order valence-corrected chi connectivity index (χ2v) is 6.82. The number of rotatable bonds is 5. The first-order chi connectivity index (χ1) is 14.0. The van der Waals surface area contributed by atoms with Crippen LogP contribution in [0.1, 0.15) is 23.8 Å². The number of ketones is 1. The van der Waals surface area contributed by atoms with E-state index in [1.807, 2.05) is 6.07 Å². The highest BCUT2D eigenvalue weighted by molar-refractivity contribution is 6.30. The lowest BCUT2D eigenvalue weighted by Gasteiger charge is -2.13. The molecule has 7 heteroatoms. The molecule has 144 valence electrons. The Morgan fingerprint density at radius 1 is 1.10 bits per heavy atom. The van der Waals surface area contributed by atoms with Gasteiger partial charge in [-0.2, -0.15) is 0 Å². The quantitative estimate of drug-likeness (QED) is 0.423. The Kier molecular flexibility index (Phi) is 5.18. The largest absolute Gasteiger partial charge is 0.355 e. The minimum absolute atomic E-state index is 0.0448. The van der Waals surface area contributed by atoms with Crippen molar-refractivity contribution < 1.29 is 9.18 Å². The molecule has 3 aromatic heterocycles. The molecular weight excluding hydrogens is 391 g/mol. The van der Waals surface area contributed by atoms with E-state index in [1.54, 1.807) is 43.6 Å². The first kappa shape index (κ1) is 19.0. The van der Waals surface area contributed by atoms with E-state index in [0.29, 0.717) is 39.9 Å². The Hall–Kier alpha value is -3.38. The second-order valence-electron chi connectivity index (χ2n) is 6.39. The van der Waals surface area contributed by atoms with Gasteiger partial charge < -0.3 is 5.32 Å². The molecule has 0 aliphatic carbocycles. The zero-order valence-corrected chi connectivity index (χ0v) is 16.2. The van der Waals surface area contributed by atoms with Crippen LogP contribution in [0.15, 0.2) is 60.9 Å². The van der Waals surface area contributed by atoms with Gasteiger partial charge in [0.25, 0.3) is 0 Å². The fourth-order valence-electron chi connectivity index (χ4n) is 2.99. The van der Waals surface area contributed by atoms with Crippen LogP contribution in [0.3, 0.4) is 0 Å². The molecule has 0 saturated carbocycles. The first-order valence-corrected chi connectivity index (χ1v) is 9.40. The summed E-state index contributed by atoms with van der Waals surface area (Å²) in [5.74, 6) is -0.473. The topological polar surface area (TPSA) is 67.8 Å². The van der Waals surface area contributed by atoms with Crippen LogP contribution in [-0.2, 0) is 0 Å². The monoisotopic (exact) mass is 406 g/mol. The molecule has 0 amide bonds. The number of Topliss-reactive ketones (excluding diaryl/α,β-unsaturated/α-hetero) is 1. The van der Waals surface area contributed by atoms with Crippen molar-refractivity contribution in [3.05, 3.63) is 77.5 Å². The number of hydrogen-bond donors (Lipinski definition) is 1. The summed E-state index contributed by atoms with van der Waals surface area (Å²) in [6, 6.07) is 13.2. The molecule has 4 rings (SSSR count). The number of nitrogens with one attached hydrogen (secondary N) is 1. The SMILES string of the molecule is CCC(=O)c1cc(Nc2cc(-c3cc(Cl)ccc3F)nc3ncccc23)ccn1. The maximum atomic E-state index is 14.4. The molecule has 0 spiro atoms. The smallest absolute Gasteiger partial charge is 0.180 e. The van der Waals surface area contributed by atoms with Crippen molar-refractivity contribution in [2.75, 3.05) is 5.32 Å². The fraction of sp³-hybridized carbons (Fsp3) is 0.0909. The van der Waals surface area contributed by atoms with Crippen molar-refractivity contribution in [1.29, 1.82) is 0 Å². The number of carbonyl (C=O) groups is 1. The number of aromatic nitrogens is 3. The minimum atomic E-state index is -0.428. The average molecular weight is 407 g/mol. The van der Waals surface area contributed by atoms with E-state index in [9.17, 15) is 9.18 Å². The molecule has 1 N–H and O–H groups in total. The molecule has 0 aliphatic rings. The zero-order valence-electron chi connectivity index (χ0n) is 15.5. The lowest BCUT2D eigenvalue weighted by molar-refractivity contribution is 0.0983. The summed E-state index contributed by atoms with van der Waals surface area (Å²) < 4.78 is 14.4. The Bertz CT molecular complexity index is 1230. The van der Waals surface area contributed by atoms with E-state index < -0.39 is 5.82 Å². The van der Waals surface area contributed by atoms with Gasteiger partial charge in [-0.25, -0.2) is 14.4 Å². The van der Waals surface area contributed by atoms with Crippen molar-refractivity contribution in [2.24, 2.45) is 0 Å².